The molecule has 0 aliphatic carbocycles. The first-order valence-electron chi connectivity index (χ1n) is 33.5. The fourth-order valence-electron chi connectivity index (χ4n) is 13.6. The number of methoxy groups -OCH3 is 1. The second-order valence-corrected chi connectivity index (χ2v) is 25.3. The predicted octanol–water partition coefficient (Wildman–Crippen LogP) is 21.1. The molecule has 0 fully saturated rings. The Bertz CT molecular complexity index is 5890. The van der Waals surface area contributed by atoms with Gasteiger partial charge in [0.05, 0.1) is 24.2 Å². The van der Waals surface area contributed by atoms with Crippen molar-refractivity contribution >= 4 is 133 Å². The van der Waals surface area contributed by atoms with Gasteiger partial charge in [0.1, 0.15) is 44.7 Å². The number of para-hydroxylation sites is 3. The van der Waals surface area contributed by atoms with Gasteiger partial charge in [0.2, 0.25) is 50.2 Å². The molecule has 18 rings (SSSR count). The van der Waals surface area contributed by atoms with Crippen LogP contribution in [0.1, 0.15) is 22.3 Å². The molecule has 0 amide bonds. The number of hydrogen-bond acceptors (Lipinski definition) is 7. The molecule has 0 saturated heterocycles. The smallest absolute Gasteiger partial charge is 0.240 e. The molecule has 0 atom stereocenters. The highest BCUT2D eigenvalue weighted by molar-refractivity contribution is 6.13. The highest BCUT2D eigenvalue weighted by Gasteiger charge is 2.27. The second-order valence-electron chi connectivity index (χ2n) is 25.3. The van der Waals surface area contributed by atoms with Gasteiger partial charge in [-0.2, -0.15) is 0 Å². The van der Waals surface area contributed by atoms with Crippen LogP contribution in [0.4, 0.5) is 38.5 Å². The van der Waals surface area contributed by atoms with E-state index in [1.807, 2.05) is 48.5 Å². The summed E-state index contributed by atoms with van der Waals surface area (Å²) >= 11 is 0. The van der Waals surface area contributed by atoms with Crippen molar-refractivity contribution < 1.29 is 22.8 Å². The van der Waals surface area contributed by atoms with Crippen LogP contribution < -0.4 is 34.4 Å². The summed E-state index contributed by atoms with van der Waals surface area (Å²) in [6, 6.07) is 105. The Balaban J connectivity index is 0.000000117. The number of aromatic nitrogens is 6. The minimum absolute atomic E-state index is 0.253. The molecule has 100 heavy (non-hydrogen) atoms. The monoisotopic (exact) mass is 1300 g/mol. The van der Waals surface area contributed by atoms with Crippen LogP contribution >= 0.6 is 0 Å². The molecule has 3 heterocycles. The molecule has 0 spiro atoms. The maximum absolute atomic E-state index is 13.5. The number of ether oxygens (including phenoxy) is 1. The lowest BCUT2D eigenvalue weighted by Crippen LogP contribution is -2.33. The molecule has 0 unspecified atom stereocenters. The Morgan fingerprint density at radius 2 is 0.560 bits per heavy atom. The van der Waals surface area contributed by atoms with Gasteiger partial charge in [-0.05, 0) is 123 Å². The van der Waals surface area contributed by atoms with Gasteiger partial charge < -0.3 is 20.7 Å². The van der Waals surface area contributed by atoms with Crippen LogP contribution in [0.25, 0.3) is 116 Å². The molecule has 11 heteroatoms. The van der Waals surface area contributed by atoms with Crippen molar-refractivity contribution in [1.29, 1.82) is 0 Å². The van der Waals surface area contributed by atoms with Crippen LogP contribution in [0, 0.1) is 33.5 Å². The van der Waals surface area contributed by atoms with Crippen molar-refractivity contribution in [2.24, 2.45) is 0 Å². The number of fused-ring (bicyclic) bond motifs is 12. The number of benzene rings is 15. The van der Waals surface area contributed by atoms with Gasteiger partial charge in [-0.1, -0.05) is 163 Å². The number of rotatable bonds is 10. The van der Waals surface area contributed by atoms with E-state index >= 15 is 0 Å². The van der Waals surface area contributed by atoms with Crippen LogP contribution in [-0.2, 0) is 0 Å². The average Bonchev–Trinajstić information content (AvgIpc) is 0.748. The normalized spacial score (nSPS) is 11.3. The maximum atomic E-state index is 13.5. The minimum Gasteiger partial charge on any atom is -0.497 e. The second kappa shape index (κ2) is 26.5. The molecule has 10 nitrogen and oxygen atoms in total. The lowest BCUT2D eigenvalue weighted by molar-refractivity contribution is -0.538. The fourth-order valence-corrected chi connectivity index (χ4v) is 13.6. The Labute approximate surface area is 578 Å². The van der Waals surface area contributed by atoms with Crippen LogP contribution in [0.3, 0.4) is 0 Å². The van der Waals surface area contributed by atoms with E-state index in [2.05, 4.69) is 294 Å². The van der Waals surface area contributed by atoms with Crippen LogP contribution in [-0.4, -0.2) is 22.1 Å². The quantitative estimate of drug-likeness (QED) is 0.0713. The molecule has 15 aromatic carbocycles. The highest BCUT2D eigenvalue weighted by atomic mass is 19.1. The zero-order valence-electron chi connectivity index (χ0n) is 55.9. The first kappa shape index (κ1) is 61.9. The molecule has 480 valence electrons. The average molecular weight is 1300 g/mol. The van der Waals surface area contributed by atoms with Gasteiger partial charge in [-0.25, -0.2) is 19.3 Å². The summed E-state index contributed by atoms with van der Waals surface area (Å²) in [6.45, 7) is 8.46. The van der Waals surface area contributed by atoms with E-state index in [1.165, 1.54) is 34.4 Å². The molecular weight excluding hydrogens is 1230 g/mol. The van der Waals surface area contributed by atoms with Gasteiger partial charge in [-0.3, -0.25) is 0 Å². The highest BCUT2D eigenvalue weighted by Crippen LogP contribution is 2.38. The summed E-state index contributed by atoms with van der Waals surface area (Å²) in [4.78, 5) is 15.4. The summed E-state index contributed by atoms with van der Waals surface area (Å²) in [6.07, 6.45) is 0. The number of anilines is 6. The molecular formula is C89H69FN9O+3. The third-order valence-corrected chi connectivity index (χ3v) is 18.4. The molecule has 3 aromatic heterocycles. The maximum Gasteiger partial charge on any atom is 0.240 e. The van der Waals surface area contributed by atoms with Crippen molar-refractivity contribution in [2.45, 2.75) is 27.7 Å². The zero-order valence-corrected chi connectivity index (χ0v) is 55.9. The molecule has 0 saturated carbocycles. The summed E-state index contributed by atoms with van der Waals surface area (Å²) in [7, 11) is 1.68. The minimum atomic E-state index is -0.253. The zero-order chi connectivity index (χ0) is 67.8. The molecule has 18 aromatic rings. The molecule has 0 radical (unpaired) electrons. The Morgan fingerprint density at radius 1 is 0.280 bits per heavy atom. The Hall–Kier alpha value is -13.0. The van der Waals surface area contributed by atoms with E-state index in [0.717, 1.165) is 155 Å². The number of hydrogen-bond donors (Lipinski definition) is 3. The van der Waals surface area contributed by atoms with Gasteiger partial charge in [0, 0.05) is 122 Å². The number of nitrogens with zero attached hydrogens (tertiary/aromatic N) is 6. The number of halogens is 1. The largest absolute Gasteiger partial charge is 0.497 e. The van der Waals surface area contributed by atoms with E-state index in [4.69, 9.17) is 19.7 Å². The Kier molecular flexibility index (Phi) is 16.4. The number of nitrogens with one attached hydrogen (secondary N) is 3. The van der Waals surface area contributed by atoms with E-state index in [-0.39, 0.29) is 5.82 Å². The lowest BCUT2D eigenvalue weighted by Gasteiger charge is -2.13. The van der Waals surface area contributed by atoms with E-state index in [0.29, 0.717) is 0 Å². The summed E-state index contributed by atoms with van der Waals surface area (Å²) < 4.78 is 25.7. The third kappa shape index (κ3) is 12.1. The molecule has 0 aliphatic rings. The standard InChI is InChI=1S/C30H23N3O.C30H23N3.C29H20FN3/c1-20-12-17-26-28(18-20)33(22-8-4-3-5-9-22)29-19-27(31-21-13-15-23(34-2)16-14-21)24-10-6-7-11-25(24)30(29)32-26;1-20-12-15-22(16-13-20)31-27-19-29-30(25-11-7-6-10-24(25)27)32-26-17-14-21(2)18-28(26)33(29)23-8-4-3-5-9-23;1-19-11-16-25-27(17-19)33(22-7-3-2-4-8-22)28-18-26(31-21-14-12-20(30)13-15-21)23-9-5-6-10-24(23)29(28)32-25/h3-19H,1-2H3;3-19H,1-2H3;2-18H,1H3/p+3. The topological polar surface area (TPSA) is 95.6 Å². The third-order valence-electron chi connectivity index (χ3n) is 18.4. The van der Waals surface area contributed by atoms with E-state index < -0.39 is 0 Å². The first-order chi connectivity index (χ1) is 49.0. The predicted molar refractivity (Wildman–Crippen MR) is 409 cm³/mol. The van der Waals surface area contributed by atoms with Crippen molar-refractivity contribution in [3.63, 3.8) is 0 Å². The number of aryl methyl sites for hydroxylation is 4. The molecule has 0 bridgehead atoms. The first-order valence-corrected chi connectivity index (χ1v) is 33.5. The SMILES string of the molecule is COc1ccc(Nc2cc3c(nc4ccc(C)cc4[n+]3-c3ccccc3)c3ccccc23)cc1.Cc1ccc(Nc2cc3c(nc4ccc(C)cc4[n+]3-c3ccccc3)c3ccccc23)cc1.Cc1ccc2nc3c4ccccc4c(Nc4ccc(F)cc4)cc3[n+](-c3ccccc3)c2c1. The fraction of sp³-hybridized carbons (Fsp3) is 0.0562. The van der Waals surface area contributed by atoms with Gasteiger partial charge in [0.15, 0.2) is 0 Å². The van der Waals surface area contributed by atoms with E-state index in [9.17, 15) is 4.39 Å². The van der Waals surface area contributed by atoms with Crippen molar-refractivity contribution in [2.75, 3.05) is 23.1 Å². The van der Waals surface area contributed by atoms with Crippen molar-refractivity contribution in [1.82, 2.24) is 15.0 Å². The summed E-state index contributed by atoms with van der Waals surface area (Å²) in [5, 5.41) is 17.5. The van der Waals surface area contributed by atoms with E-state index in [1.54, 1.807) is 19.2 Å². The lowest BCUT2D eigenvalue weighted by atomic mass is 10.0. The van der Waals surface area contributed by atoms with Crippen LogP contribution in [0.2, 0.25) is 0 Å². The van der Waals surface area contributed by atoms with Crippen LogP contribution in [0.15, 0.2) is 309 Å². The van der Waals surface area contributed by atoms with Crippen molar-refractivity contribution in [3.8, 4) is 22.8 Å². The Morgan fingerprint density at radius 3 is 0.880 bits per heavy atom. The van der Waals surface area contributed by atoms with Gasteiger partial charge in [-0.15, -0.1) is 13.7 Å². The van der Waals surface area contributed by atoms with Gasteiger partial charge >= 0.3 is 0 Å². The molecule has 0 aliphatic heterocycles. The van der Waals surface area contributed by atoms with Gasteiger partial charge in [0.25, 0.3) is 0 Å². The van der Waals surface area contributed by atoms with Crippen LogP contribution in [0.5, 0.6) is 5.75 Å². The molecule has 3 N–H and O–H groups in total. The summed E-state index contributed by atoms with van der Waals surface area (Å²) in [5.74, 6) is 0.582. The van der Waals surface area contributed by atoms with Crippen molar-refractivity contribution in [3.05, 3.63) is 337 Å². The summed E-state index contributed by atoms with van der Waals surface area (Å²) in [5.41, 5.74) is 26.3.